The number of nitrogens with one attached hydrogen (secondary N) is 1. The quantitative estimate of drug-likeness (QED) is 0.360. The Morgan fingerprint density at radius 3 is 2.82 bits per heavy atom. The van der Waals surface area contributed by atoms with Crippen molar-refractivity contribution < 1.29 is 18.7 Å². The zero-order chi connectivity index (χ0) is 23.2. The molecular weight excluding hydrogens is 442 g/mol. The smallest absolute Gasteiger partial charge is 0.349 e. The zero-order valence-corrected chi connectivity index (χ0v) is 19.6. The third-order valence-corrected chi connectivity index (χ3v) is 6.64. The van der Waals surface area contributed by atoms with Crippen LogP contribution in [0, 0.1) is 0 Å². The van der Waals surface area contributed by atoms with Crippen molar-refractivity contribution >= 4 is 17.7 Å². The summed E-state index contributed by atoms with van der Waals surface area (Å²) < 4.78 is 17.7. The lowest BCUT2D eigenvalue weighted by atomic mass is 10.1. The molecule has 4 rings (SSSR count). The highest BCUT2D eigenvalue weighted by Gasteiger charge is 2.23. The van der Waals surface area contributed by atoms with Crippen molar-refractivity contribution in [3.63, 3.8) is 0 Å². The maximum Gasteiger partial charge on any atom is 0.349 e. The van der Waals surface area contributed by atoms with Gasteiger partial charge in [0.25, 0.3) is 0 Å². The molecule has 33 heavy (non-hydrogen) atoms. The number of carbonyl (C=O) groups excluding carboxylic acids is 1. The second-order valence-corrected chi connectivity index (χ2v) is 8.69. The van der Waals surface area contributed by atoms with Gasteiger partial charge >= 0.3 is 5.69 Å². The second kappa shape index (κ2) is 10.6. The molecule has 2 aromatic heterocycles. The van der Waals surface area contributed by atoms with Gasteiger partial charge in [0.1, 0.15) is 10.8 Å². The Hall–Kier alpha value is -3.20. The van der Waals surface area contributed by atoms with E-state index in [9.17, 15) is 9.59 Å². The summed E-state index contributed by atoms with van der Waals surface area (Å²) in [7, 11) is 3.20. The van der Waals surface area contributed by atoms with Gasteiger partial charge in [-0.2, -0.15) is 4.98 Å². The topological polar surface area (TPSA) is 95.6 Å². The molecule has 0 saturated heterocycles. The molecule has 0 aliphatic heterocycles. The van der Waals surface area contributed by atoms with E-state index in [2.05, 4.69) is 10.3 Å². The first-order valence-electron chi connectivity index (χ1n) is 10.8. The first-order valence-corrected chi connectivity index (χ1v) is 11.8. The molecule has 0 unspecified atom stereocenters. The minimum Gasteiger partial charge on any atom is -0.493 e. The molecule has 9 heteroatoms. The Bertz CT molecular complexity index is 1170. The molecule has 0 atom stereocenters. The first kappa shape index (κ1) is 23.0. The molecule has 1 aromatic carbocycles. The number of rotatable bonds is 10. The van der Waals surface area contributed by atoms with E-state index in [1.807, 2.05) is 30.3 Å². The molecule has 8 nitrogen and oxygen atoms in total. The molecule has 1 amide bonds. The fourth-order valence-corrected chi connectivity index (χ4v) is 4.90. The summed E-state index contributed by atoms with van der Waals surface area (Å²) >= 11 is 1.33. The number of nitrogens with zero attached hydrogens (tertiary/aromatic N) is 2. The van der Waals surface area contributed by atoms with Crippen molar-refractivity contribution in [2.75, 3.05) is 26.5 Å². The van der Waals surface area contributed by atoms with E-state index >= 15 is 0 Å². The summed E-state index contributed by atoms with van der Waals surface area (Å²) in [6.45, 7) is 0.883. The highest BCUT2D eigenvalue weighted by molar-refractivity contribution is 7.99. The molecular formula is C24H27N3O5S. The predicted octanol–water partition coefficient (Wildman–Crippen LogP) is 2.84. The van der Waals surface area contributed by atoms with E-state index in [0.29, 0.717) is 36.0 Å². The first-order chi connectivity index (χ1) is 16.1. The highest BCUT2D eigenvalue weighted by Crippen LogP contribution is 2.30. The van der Waals surface area contributed by atoms with Gasteiger partial charge in [-0.25, -0.2) is 4.79 Å². The summed E-state index contributed by atoms with van der Waals surface area (Å²) in [4.78, 5) is 29.4. The number of aromatic nitrogens is 2. The molecule has 3 aromatic rings. The average molecular weight is 470 g/mol. The van der Waals surface area contributed by atoms with Crippen LogP contribution in [0.2, 0.25) is 0 Å². The minimum absolute atomic E-state index is 0.0891. The summed E-state index contributed by atoms with van der Waals surface area (Å²) in [5.41, 5.74) is 2.82. The Morgan fingerprint density at radius 2 is 2.06 bits per heavy atom. The molecule has 1 aliphatic carbocycles. The number of thioether (sulfide) groups is 1. The lowest BCUT2D eigenvalue weighted by Gasteiger charge is -2.13. The van der Waals surface area contributed by atoms with Crippen LogP contribution in [-0.2, 0) is 30.6 Å². The summed E-state index contributed by atoms with van der Waals surface area (Å²) in [6, 6.07) is 9.37. The van der Waals surface area contributed by atoms with Crippen molar-refractivity contribution in [2.45, 2.75) is 37.3 Å². The van der Waals surface area contributed by atoms with Gasteiger partial charge in [-0.1, -0.05) is 17.8 Å². The fourth-order valence-electron chi connectivity index (χ4n) is 3.99. The number of ether oxygens (including phenoxy) is 2. The number of amides is 1. The van der Waals surface area contributed by atoms with Crippen molar-refractivity contribution in [1.82, 2.24) is 14.9 Å². The average Bonchev–Trinajstić information content (AvgIpc) is 3.52. The van der Waals surface area contributed by atoms with Crippen molar-refractivity contribution in [2.24, 2.45) is 0 Å². The third kappa shape index (κ3) is 5.42. The van der Waals surface area contributed by atoms with Gasteiger partial charge in [-0.15, -0.1) is 0 Å². The largest absolute Gasteiger partial charge is 0.493 e. The monoisotopic (exact) mass is 469 g/mol. The van der Waals surface area contributed by atoms with E-state index in [4.69, 9.17) is 13.9 Å². The number of hydrogen-bond donors (Lipinski definition) is 1. The van der Waals surface area contributed by atoms with Crippen LogP contribution in [0.15, 0.2) is 50.8 Å². The van der Waals surface area contributed by atoms with Gasteiger partial charge in [-0.3, -0.25) is 9.36 Å². The van der Waals surface area contributed by atoms with Crippen molar-refractivity contribution in [3.05, 3.63) is 69.7 Å². The normalized spacial score (nSPS) is 12.4. The maximum absolute atomic E-state index is 12.7. The van der Waals surface area contributed by atoms with E-state index < -0.39 is 0 Å². The third-order valence-electron chi connectivity index (χ3n) is 5.62. The SMILES string of the molecule is COc1ccc(CCNC(=O)CSc2nc(=O)n(Cc3ccco3)c3c2CCC3)cc1OC. The molecule has 0 radical (unpaired) electrons. The standard InChI is InChI=1S/C24H27N3O5S/c1-30-20-9-8-16(13-21(20)31-2)10-11-25-22(28)15-33-23-18-6-3-7-19(18)27(24(29)26-23)14-17-5-4-12-32-17/h4-5,8-9,12-13H,3,6-7,10-11,14-15H2,1-2H3,(H,25,28). The van der Waals surface area contributed by atoms with Crippen LogP contribution in [0.25, 0.3) is 0 Å². The lowest BCUT2D eigenvalue weighted by Crippen LogP contribution is -2.29. The Balaban J connectivity index is 1.34. The van der Waals surface area contributed by atoms with Crippen molar-refractivity contribution in [3.8, 4) is 11.5 Å². The van der Waals surface area contributed by atoms with Crippen LogP contribution < -0.4 is 20.5 Å². The van der Waals surface area contributed by atoms with Gasteiger partial charge in [-0.05, 0) is 55.5 Å². The fraction of sp³-hybridized carbons (Fsp3) is 0.375. The molecule has 0 spiro atoms. The molecule has 174 valence electrons. The van der Waals surface area contributed by atoms with Crippen molar-refractivity contribution in [1.29, 1.82) is 0 Å². The number of fused-ring (bicyclic) bond motifs is 1. The van der Waals surface area contributed by atoms with Gasteiger partial charge in [0, 0.05) is 17.8 Å². The number of benzene rings is 1. The maximum atomic E-state index is 12.7. The summed E-state index contributed by atoms with van der Waals surface area (Å²) in [5.74, 6) is 2.19. The van der Waals surface area contributed by atoms with E-state index in [1.165, 1.54) is 11.8 Å². The van der Waals surface area contributed by atoms with Gasteiger partial charge < -0.3 is 19.2 Å². The molecule has 2 heterocycles. The molecule has 0 fully saturated rings. The van der Waals surface area contributed by atoms with Crippen LogP contribution in [0.1, 0.15) is 29.0 Å². The molecule has 1 N–H and O–H groups in total. The molecule has 1 aliphatic rings. The lowest BCUT2D eigenvalue weighted by molar-refractivity contribution is -0.118. The number of hydrogen-bond acceptors (Lipinski definition) is 7. The molecule has 0 saturated carbocycles. The number of carbonyl (C=O) groups is 1. The van der Waals surface area contributed by atoms with Crippen LogP contribution in [0.5, 0.6) is 11.5 Å². The Kier molecular flexibility index (Phi) is 7.39. The number of methoxy groups -OCH3 is 2. The predicted molar refractivity (Wildman–Crippen MR) is 125 cm³/mol. The number of furan rings is 1. The van der Waals surface area contributed by atoms with E-state index in [1.54, 1.807) is 25.0 Å². The summed E-state index contributed by atoms with van der Waals surface area (Å²) in [5, 5.41) is 3.60. The minimum atomic E-state index is -0.302. The van der Waals surface area contributed by atoms with Crippen LogP contribution in [0.3, 0.4) is 0 Å². The van der Waals surface area contributed by atoms with Gasteiger partial charge in [0.05, 0.1) is 32.8 Å². The highest BCUT2D eigenvalue weighted by atomic mass is 32.2. The Labute approximate surface area is 196 Å². The van der Waals surface area contributed by atoms with Gasteiger partial charge in [0.15, 0.2) is 11.5 Å². The van der Waals surface area contributed by atoms with Crippen LogP contribution >= 0.6 is 11.8 Å². The van der Waals surface area contributed by atoms with E-state index in [0.717, 1.165) is 41.8 Å². The van der Waals surface area contributed by atoms with Crippen LogP contribution in [0.4, 0.5) is 0 Å². The second-order valence-electron chi connectivity index (χ2n) is 7.72. The van der Waals surface area contributed by atoms with Crippen LogP contribution in [-0.4, -0.2) is 42.0 Å². The Morgan fingerprint density at radius 1 is 1.21 bits per heavy atom. The molecule has 0 bridgehead atoms. The summed E-state index contributed by atoms with van der Waals surface area (Å²) in [6.07, 6.45) is 4.95. The van der Waals surface area contributed by atoms with Gasteiger partial charge in [0.2, 0.25) is 5.91 Å². The zero-order valence-electron chi connectivity index (χ0n) is 18.8. The van der Waals surface area contributed by atoms with E-state index in [-0.39, 0.29) is 17.3 Å².